The van der Waals surface area contributed by atoms with Gasteiger partial charge in [0, 0.05) is 6.61 Å². The first kappa shape index (κ1) is 26.5. The Kier molecular flexibility index (Phi) is 8.29. The number of methoxy groups -OCH3 is 1. The fraction of sp³-hybridized carbons (Fsp3) is 0.233. The minimum absolute atomic E-state index is 0.00623. The van der Waals surface area contributed by atoms with Crippen molar-refractivity contribution in [3.8, 4) is 11.5 Å². The van der Waals surface area contributed by atoms with Crippen LogP contribution in [-0.2, 0) is 16.1 Å². The number of rotatable bonds is 9. The molecule has 0 bridgehead atoms. The molecule has 0 aromatic heterocycles. The van der Waals surface area contributed by atoms with Gasteiger partial charge in [0.1, 0.15) is 6.61 Å². The number of aromatic carboxylic acids is 1. The molecule has 1 atom stereocenters. The van der Waals surface area contributed by atoms with Crippen molar-refractivity contribution in [3.05, 3.63) is 94.4 Å². The molecule has 2 heterocycles. The topological polar surface area (TPSA) is 97.7 Å². The van der Waals surface area contributed by atoms with E-state index >= 15 is 0 Å². The summed E-state index contributed by atoms with van der Waals surface area (Å²) in [5.74, 6) is -0.00877. The number of carbonyl (C=O) groups is 2. The molecule has 0 aliphatic carbocycles. The lowest BCUT2D eigenvalue weighted by molar-refractivity contribution is -0.123. The normalized spacial score (nSPS) is 19.2. The van der Waals surface area contributed by atoms with E-state index in [4.69, 9.17) is 24.3 Å². The van der Waals surface area contributed by atoms with Gasteiger partial charge in [-0.2, -0.15) is 0 Å². The molecule has 39 heavy (non-hydrogen) atoms. The van der Waals surface area contributed by atoms with Crippen LogP contribution in [0, 0.1) is 0 Å². The Balaban J connectivity index is 1.34. The number of ether oxygens (including phenoxy) is 3. The molecular weight excluding hydrogens is 516 g/mol. The van der Waals surface area contributed by atoms with Crippen LogP contribution in [0.25, 0.3) is 6.08 Å². The summed E-state index contributed by atoms with van der Waals surface area (Å²) in [6.45, 7) is 1.44. The minimum atomic E-state index is -0.971. The van der Waals surface area contributed by atoms with Crippen LogP contribution in [-0.4, -0.2) is 53.4 Å². The van der Waals surface area contributed by atoms with Gasteiger partial charge in [0.2, 0.25) is 0 Å². The average molecular weight is 545 g/mol. The molecule has 3 aromatic rings. The molecule has 0 saturated carbocycles. The van der Waals surface area contributed by atoms with E-state index in [-0.39, 0.29) is 24.2 Å². The van der Waals surface area contributed by atoms with Gasteiger partial charge in [-0.1, -0.05) is 36.4 Å². The standard InChI is InChI=1S/C30H28N2O6S/c1-36-26-16-21(11-14-25(26)38-19-20-9-12-22(13-10-20)29(34)35)17-27-28(33)32(18-24-8-5-15-37-24)30(39-27)31-23-6-3-2-4-7-23/h2-4,6-7,9-14,16-17,24H,5,8,15,18-19H2,1H3,(H,34,35)/b27-17-,31-30?/t24-/m1/s1. The van der Waals surface area contributed by atoms with Crippen LogP contribution in [0.3, 0.4) is 0 Å². The van der Waals surface area contributed by atoms with Crippen molar-refractivity contribution in [2.75, 3.05) is 20.3 Å². The Morgan fingerprint density at radius 3 is 2.62 bits per heavy atom. The molecule has 2 saturated heterocycles. The third-order valence-electron chi connectivity index (χ3n) is 6.36. The maximum Gasteiger partial charge on any atom is 0.335 e. The van der Waals surface area contributed by atoms with Crippen LogP contribution in [0.5, 0.6) is 11.5 Å². The Bertz CT molecular complexity index is 1400. The van der Waals surface area contributed by atoms with Gasteiger partial charge < -0.3 is 19.3 Å². The number of nitrogens with zero attached hydrogens (tertiary/aromatic N) is 2. The van der Waals surface area contributed by atoms with Gasteiger partial charge in [-0.05, 0) is 78.2 Å². The smallest absolute Gasteiger partial charge is 0.335 e. The van der Waals surface area contributed by atoms with Crippen LogP contribution < -0.4 is 9.47 Å². The van der Waals surface area contributed by atoms with E-state index in [1.165, 1.54) is 11.8 Å². The molecule has 3 aromatic carbocycles. The number of benzene rings is 3. The number of amides is 1. The maximum absolute atomic E-state index is 13.5. The molecule has 1 amide bonds. The number of hydrogen-bond acceptors (Lipinski definition) is 7. The fourth-order valence-corrected chi connectivity index (χ4v) is 5.31. The lowest BCUT2D eigenvalue weighted by Crippen LogP contribution is -2.36. The third kappa shape index (κ3) is 6.50. The number of thioether (sulfide) groups is 1. The molecule has 5 rings (SSSR count). The summed E-state index contributed by atoms with van der Waals surface area (Å²) in [4.78, 5) is 31.5. The number of hydrogen-bond donors (Lipinski definition) is 1. The van der Waals surface area contributed by atoms with Crippen molar-refractivity contribution in [2.24, 2.45) is 4.99 Å². The van der Waals surface area contributed by atoms with Gasteiger partial charge in [0.15, 0.2) is 16.7 Å². The highest BCUT2D eigenvalue weighted by Crippen LogP contribution is 2.36. The van der Waals surface area contributed by atoms with Crippen LogP contribution in [0.4, 0.5) is 5.69 Å². The first-order valence-corrected chi connectivity index (χ1v) is 13.4. The number of amidine groups is 1. The highest BCUT2D eigenvalue weighted by Gasteiger charge is 2.36. The van der Waals surface area contributed by atoms with Crippen LogP contribution >= 0.6 is 11.8 Å². The maximum atomic E-state index is 13.5. The molecule has 2 aliphatic heterocycles. The summed E-state index contributed by atoms with van der Waals surface area (Å²) < 4.78 is 17.3. The molecule has 9 heteroatoms. The predicted octanol–water partition coefficient (Wildman–Crippen LogP) is 5.76. The van der Waals surface area contributed by atoms with E-state index in [1.807, 2.05) is 48.5 Å². The molecule has 0 unspecified atom stereocenters. The van der Waals surface area contributed by atoms with Crippen molar-refractivity contribution < 1.29 is 28.9 Å². The van der Waals surface area contributed by atoms with E-state index in [1.54, 1.807) is 42.3 Å². The Morgan fingerprint density at radius 1 is 1.13 bits per heavy atom. The van der Waals surface area contributed by atoms with Crippen LogP contribution in [0.1, 0.15) is 34.3 Å². The monoisotopic (exact) mass is 544 g/mol. The van der Waals surface area contributed by atoms with E-state index in [0.717, 1.165) is 36.3 Å². The lowest BCUT2D eigenvalue weighted by atomic mass is 10.1. The second-order valence-electron chi connectivity index (χ2n) is 9.09. The Morgan fingerprint density at radius 2 is 1.92 bits per heavy atom. The average Bonchev–Trinajstić information content (AvgIpc) is 3.57. The lowest BCUT2D eigenvalue weighted by Gasteiger charge is -2.19. The van der Waals surface area contributed by atoms with Crippen LogP contribution in [0.15, 0.2) is 82.7 Å². The van der Waals surface area contributed by atoms with Gasteiger partial charge in [0.25, 0.3) is 5.91 Å². The third-order valence-corrected chi connectivity index (χ3v) is 7.37. The van der Waals surface area contributed by atoms with Gasteiger partial charge in [-0.25, -0.2) is 9.79 Å². The predicted molar refractivity (Wildman–Crippen MR) is 151 cm³/mol. The first-order chi connectivity index (χ1) is 19.0. The van der Waals surface area contributed by atoms with E-state index in [2.05, 4.69) is 0 Å². The number of carboxylic acid groups (broad SMARTS) is 1. The van der Waals surface area contributed by atoms with E-state index in [9.17, 15) is 9.59 Å². The summed E-state index contributed by atoms with van der Waals surface area (Å²) in [6, 6.07) is 21.6. The SMILES string of the molecule is COc1cc(/C=C2\SC(=Nc3ccccc3)N(C[C@H]3CCCO3)C2=O)ccc1OCc1ccc(C(=O)O)cc1. The van der Waals surface area contributed by atoms with Gasteiger partial charge in [0.05, 0.1) is 35.9 Å². The highest BCUT2D eigenvalue weighted by molar-refractivity contribution is 8.18. The van der Waals surface area contributed by atoms with E-state index in [0.29, 0.717) is 28.1 Å². The second-order valence-corrected chi connectivity index (χ2v) is 10.1. The van der Waals surface area contributed by atoms with Gasteiger partial charge in [-0.15, -0.1) is 0 Å². The molecule has 0 radical (unpaired) electrons. The molecule has 8 nitrogen and oxygen atoms in total. The molecule has 2 fully saturated rings. The number of aliphatic imine (C=N–C) groups is 1. The highest BCUT2D eigenvalue weighted by atomic mass is 32.2. The summed E-state index contributed by atoms with van der Waals surface area (Å²) in [5, 5.41) is 9.70. The number of carboxylic acids is 1. The minimum Gasteiger partial charge on any atom is -0.493 e. The zero-order valence-electron chi connectivity index (χ0n) is 21.4. The number of carbonyl (C=O) groups excluding carboxylic acids is 1. The molecule has 2 aliphatic rings. The summed E-state index contributed by atoms with van der Waals surface area (Å²) >= 11 is 1.35. The summed E-state index contributed by atoms with van der Waals surface area (Å²) in [6.07, 6.45) is 3.76. The summed E-state index contributed by atoms with van der Waals surface area (Å²) in [7, 11) is 1.56. The summed E-state index contributed by atoms with van der Waals surface area (Å²) in [5.41, 5.74) is 2.63. The Hall–Kier alpha value is -4.08. The second kappa shape index (κ2) is 12.2. The van der Waals surface area contributed by atoms with Gasteiger partial charge >= 0.3 is 5.97 Å². The Labute approximate surface area is 230 Å². The molecule has 0 spiro atoms. The molecule has 1 N–H and O–H groups in total. The van der Waals surface area contributed by atoms with Crippen molar-refractivity contribution in [1.82, 2.24) is 4.90 Å². The first-order valence-electron chi connectivity index (χ1n) is 12.6. The zero-order chi connectivity index (χ0) is 27.2. The van der Waals surface area contributed by atoms with Gasteiger partial charge in [-0.3, -0.25) is 9.69 Å². The van der Waals surface area contributed by atoms with Crippen molar-refractivity contribution in [2.45, 2.75) is 25.6 Å². The molecule has 200 valence electrons. The van der Waals surface area contributed by atoms with Crippen molar-refractivity contribution in [1.29, 1.82) is 0 Å². The fourth-order valence-electron chi connectivity index (χ4n) is 4.31. The number of para-hydroxylation sites is 1. The molecular formula is C30H28N2O6S. The largest absolute Gasteiger partial charge is 0.493 e. The van der Waals surface area contributed by atoms with Crippen molar-refractivity contribution >= 4 is 40.6 Å². The quantitative estimate of drug-likeness (QED) is 0.342. The van der Waals surface area contributed by atoms with E-state index < -0.39 is 5.97 Å². The zero-order valence-corrected chi connectivity index (χ0v) is 22.2. The van der Waals surface area contributed by atoms with Crippen molar-refractivity contribution in [3.63, 3.8) is 0 Å². The van der Waals surface area contributed by atoms with Crippen LogP contribution in [0.2, 0.25) is 0 Å².